The Balaban J connectivity index is 2.59. The molecule has 1 N–H and O–H groups in total. The van der Waals surface area contributed by atoms with Crippen molar-refractivity contribution in [3.05, 3.63) is 0 Å². The van der Waals surface area contributed by atoms with Crippen molar-refractivity contribution in [2.75, 3.05) is 20.7 Å². The van der Waals surface area contributed by atoms with Gasteiger partial charge in [0.05, 0.1) is 7.11 Å². The number of rotatable bonds is 5. The first-order valence-corrected chi connectivity index (χ1v) is 6.97. The second-order valence-corrected chi connectivity index (χ2v) is 5.69. The predicted octanol–water partition coefficient (Wildman–Crippen LogP) is 1.79. The molecular weight excluding hydrogens is 228 g/mol. The van der Waals surface area contributed by atoms with Crippen LogP contribution >= 0.6 is 0 Å². The molecule has 3 unspecified atom stereocenters. The smallest absolute Gasteiger partial charge is 0.325 e. The Morgan fingerprint density at radius 3 is 2.39 bits per heavy atom. The molecule has 4 nitrogen and oxygen atoms in total. The van der Waals surface area contributed by atoms with Crippen molar-refractivity contribution < 1.29 is 9.53 Å². The summed E-state index contributed by atoms with van der Waals surface area (Å²) in [6, 6.07) is 1.24. The second kappa shape index (κ2) is 6.53. The number of esters is 1. The van der Waals surface area contributed by atoms with Crippen LogP contribution in [-0.4, -0.2) is 49.2 Å². The fraction of sp³-hybridized carbons (Fsp3) is 0.929. The van der Waals surface area contributed by atoms with E-state index in [1.165, 1.54) is 26.4 Å². The van der Waals surface area contributed by atoms with Gasteiger partial charge in [0, 0.05) is 18.6 Å². The lowest BCUT2D eigenvalue weighted by Gasteiger charge is -2.40. The van der Waals surface area contributed by atoms with Gasteiger partial charge in [-0.15, -0.1) is 0 Å². The molecule has 18 heavy (non-hydrogen) atoms. The number of piperidine rings is 1. The van der Waals surface area contributed by atoms with Gasteiger partial charge < -0.3 is 10.1 Å². The summed E-state index contributed by atoms with van der Waals surface area (Å²) in [6.07, 6.45) is 4.63. The molecule has 1 fully saturated rings. The fourth-order valence-corrected chi connectivity index (χ4v) is 2.82. The largest absolute Gasteiger partial charge is 0.468 e. The molecule has 1 aliphatic heterocycles. The summed E-state index contributed by atoms with van der Waals surface area (Å²) < 4.78 is 4.88. The molecule has 0 radical (unpaired) electrons. The van der Waals surface area contributed by atoms with E-state index in [-0.39, 0.29) is 5.97 Å². The van der Waals surface area contributed by atoms with E-state index < -0.39 is 5.54 Å². The third kappa shape index (κ3) is 3.45. The van der Waals surface area contributed by atoms with Gasteiger partial charge in [0.2, 0.25) is 0 Å². The van der Waals surface area contributed by atoms with Crippen LogP contribution in [0.3, 0.4) is 0 Å². The molecule has 1 saturated heterocycles. The first kappa shape index (κ1) is 15.4. The van der Waals surface area contributed by atoms with Crippen molar-refractivity contribution in [2.24, 2.45) is 0 Å². The van der Waals surface area contributed by atoms with Gasteiger partial charge in [-0.05, 0) is 47.1 Å². The Labute approximate surface area is 111 Å². The average Bonchev–Trinajstić information content (AvgIpc) is 2.36. The zero-order valence-corrected chi connectivity index (χ0v) is 12.5. The molecule has 4 heteroatoms. The summed E-state index contributed by atoms with van der Waals surface area (Å²) in [4.78, 5) is 14.3. The summed E-state index contributed by atoms with van der Waals surface area (Å²) in [5, 5.41) is 3.10. The van der Waals surface area contributed by atoms with Crippen LogP contribution < -0.4 is 5.32 Å². The SMILES string of the molecule is CNC(C)(CCN1C(C)CCCC1C)C(=O)OC. The van der Waals surface area contributed by atoms with Gasteiger partial charge in [-0.1, -0.05) is 6.42 Å². The van der Waals surface area contributed by atoms with Gasteiger partial charge in [0.15, 0.2) is 0 Å². The highest BCUT2D eigenvalue weighted by molar-refractivity contribution is 5.80. The lowest BCUT2D eigenvalue weighted by atomic mass is 9.93. The average molecular weight is 256 g/mol. The Kier molecular flexibility index (Phi) is 5.60. The Bertz CT molecular complexity index is 273. The van der Waals surface area contributed by atoms with Crippen LogP contribution in [0.2, 0.25) is 0 Å². The molecule has 1 rings (SSSR count). The number of likely N-dealkylation sites (N-methyl/N-ethyl adjacent to an activating group) is 1. The molecule has 1 heterocycles. The summed E-state index contributed by atoms with van der Waals surface area (Å²) in [5.74, 6) is -0.178. The molecule has 1 aliphatic rings. The number of carbonyl (C=O) groups excluding carboxylic acids is 1. The highest BCUT2D eigenvalue weighted by Gasteiger charge is 2.34. The minimum Gasteiger partial charge on any atom is -0.468 e. The Morgan fingerprint density at radius 1 is 1.39 bits per heavy atom. The van der Waals surface area contributed by atoms with Crippen LogP contribution in [-0.2, 0) is 9.53 Å². The van der Waals surface area contributed by atoms with E-state index in [0.717, 1.165) is 13.0 Å². The molecule has 0 aromatic carbocycles. The highest BCUT2D eigenvalue weighted by Crippen LogP contribution is 2.24. The van der Waals surface area contributed by atoms with E-state index in [9.17, 15) is 4.79 Å². The van der Waals surface area contributed by atoms with Gasteiger partial charge in [-0.25, -0.2) is 0 Å². The number of ether oxygens (including phenoxy) is 1. The highest BCUT2D eigenvalue weighted by atomic mass is 16.5. The maximum Gasteiger partial charge on any atom is 0.325 e. The van der Waals surface area contributed by atoms with Crippen molar-refractivity contribution >= 4 is 5.97 Å². The first-order valence-electron chi connectivity index (χ1n) is 6.97. The van der Waals surface area contributed by atoms with Crippen LogP contribution in [0.15, 0.2) is 0 Å². The molecule has 0 aromatic rings. The molecule has 0 spiro atoms. The Hall–Kier alpha value is -0.610. The van der Waals surface area contributed by atoms with Gasteiger partial charge >= 0.3 is 5.97 Å². The molecular formula is C14H28N2O2. The molecule has 0 saturated carbocycles. The molecule has 0 aromatic heterocycles. The molecule has 0 bridgehead atoms. The number of nitrogens with zero attached hydrogens (tertiary/aromatic N) is 1. The fourth-order valence-electron chi connectivity index (χ4n) is 2.82. The summed E-state index contributed by atoms with van der Waals surface area (Å²) in [5.41, 5.74) is -0.578. The maximum atomic E-state index is 11.8. The number of nitrogens with one attached hydrogen (secondary N) is 1. The third-order valence-electron chi connectivity index (χ3n) is 4.43. The van der Waals surface area contributed by atoms with E-state index in [1.807, 2.05) is 14.0 Å². The molecule has 0 aliphatic carbocycles. The van der Waals surface area contributed by atoms with Gasteiger partial charge in [-0.2, -0.15) is 0 Å². The number of carbonyl (C=O) groups is 1. The predicted molar refractivity (Wildman–Crippen MR) is 73.6 cm³/mol. The van der Waals surface area contributed by atoms with Crippen molar-refractivity contribution in [1.82, 2.24) is 10.2 Å². The molecule has 0 amide bonds. The number of likely N-dealkylation sites (tertiary alicyclic amines) is 1. The Morgan fingerprint density at radius 2 is 1.94 bits per heavy atom. The second-order valence-electron chi connectivity index (χ2n) is 5.69. The third-order valence-corrected chi connectivity index (χ3v) is 4.43. The number of hydrogen-bond acceptors (Lipinski definition) is 4. The van der Waals surface area contributed by atoms with Gasteiger partial charge in [-0.3, -0.25) is 9.69 Å². The van der Waals surface area contributed by atoms with Crippen LogP contribution in [0.5, 0.6) is 0 Å². The number of methoxy groups -OCH3 is 1. The summed E-state index contributed by atoms with van der Waals surface area (Å²) >= 11 is 0. The quantitative estimate of drug-likeness (QED) is 0.762. The van der Waals surface area contributed by atoms with Crippen molar-refractivity contribution in [1.29, 1.82) is 0 Å². The van der Waals surface area contributed by atoms with E-state index in [1.54, 1.807) is 0 Å². The topological polar surface area (TPSA) is 41.6 Å². The first-order chi connectivity index (χ1) is 8.44. The zero-order chi connectivity index (χ0) is 13.8. The van der Waals surface area contributed by atoms with E-state index in [2.05, 4.69) is 24.1 Å². The minimum atomic E-state index is -0.578. The van der Waals surface area contributed by atoms with Crippen LogP contribution in [0, 0.1) is 0 Å². The standard InChI is InChI=1S/C14H28N2O2/c1-11-7-6-8-12(2)16(11)10-9-14(3,15-4)13(17)18-5/h11-12,15H,6-10H2,1-5H3. The van der Waals surface area contributed by atoms with Crippen molar-refractivity contribution in [2.45, 2.75) is 64.1 Å². The van der Waals surface area contributed by atoms with Crippen LogP contribution in [0.1, 0.15) is 46.5 Å². The normalized spacial score (nSPS) is 28.7. The van der Waals surface area contributed by atoms with Gasteiger partial charge in [0.1, 0.15) is 5.54 Å². The van der Waals surface area contributed by atoms with E-state index in [0.29, 0.717) is 12.1 Å². The van der Waals surface area contributed by atoms with Crippen LogP contribution in [0.25, 0.3) is 0 Å². The maximum absolute atomic E-state index is 11.8. The monoisotopic (exact) mass is 256 g/mol. The van der Waals surface area contributed by atoms with E-state index >= 15 is 0 Å². The van der Waals surface area contributed by atoms with E-state index in [4.69, 9.17) is 4.74 Å². The summed E-state index contributed by atoms with van der Waals surface area (Å²) in [6.45, 7) is 7.42. The lowest BCUT2D eigenvalue weighted by molar-refractivity contribution is -0.148. The minimum absolute atomic E-state index is 0.178. The van der Waals surface area contributed by atoms with Crippen molar-refractivity contribution in [3.8, 4) is 0 Å². The van der Waals surface area contributed by atoms with Crippen LogP contribution in [0.4, 0.5) is 0 Å². The van der Waals surface area contributed by atoms with Crippen molar-refractivity contribution in [3.63, 3.8) is 0 Å². The summed E-state index contributed by atoms with van der Waals surface area (Å²) in [7, 11) is 3.27. The molecule has 3 atom stereocenters. The lowest BCUT2D eigenvalue weighted by Crippen LogP contribution is -2.52. The van der Waals surface area contributed by atoms with Gasteiger partial charge in [0.25, 0.3) is 0 Å². The molecule has 106 valence electrons. The zero-order valence-electron chi connectivity index (χ0n) is 12.5. The number of hydrogen-bond donors (Lipinski definition) is 1.